The minimum Gasteiger partial charge on any atom is -0.494 e. The quantitative estimate of drug-likeness (QED) is 0.725. The molecule has 0 saturated carbocycles. The van der Waals surface area contributed by atoms with E-state index in [0.717, 1.165) is 5.56 Å². The van der Waals surface area contributed by atoms with Crippen LogP contribution in [0.25, 0.3) is 0 Å². The lowest BCUT2D eigenvalue weighted by atomic mass is 10.2. The lowest BCUT2D eigenvalue weighted by Crippen LogP contribution is -2.50. The Hall–Kier alpha value is -2.39. The van der Waals surface area contributed by atoms with Gasteiger partial charge in [0.05, 0.1) is 13.7 Å². The van der Waals surface area contributed by atoms with E-state index >= 15 is 0 Å². The number of amides is 2. The van der Waals surface area contributed by atoms with Crippen LogP contribution in [0, 0.1) is 5.82 Å². The van der Waals surface area contributed by atoms with Crippen LogP contribution in [-0.2, 0) is 11.3 Å². The van der Waals surface area contributed by atoms with Gasteiger partial charge in [-0.25, -0.2) is 4.39 Å². The third kappa shape index (κ3) is 5.11. The van der Waals surface area contributed by atoms with E-state index in [-0.39, 0.29) is 29.8 Å². The highest BCUT2D eigenvalue weighted by molar-refractivity contribution is 9.10. The molecule has 28 heavy (non-hydrogen) atoms. The van der Waals surface area contributed by atoms with Crippen molar-refractivity contribution in [1.82, 2.24) is 15.1 Å². The summed E-state index contributed by atoms with van der Waals surface area (Å²) in [6.07, 6.45) is 0. The lowest BCUT2D eigenvalue weighted by Gasteiger charge is -2.34. The molecule has 1 aliphatic rings. The predicted molar refractivity (Wildman–Crippen MR) is 104 cm³/mol. The van der Waals surface area contributed by atoms with Crippen LogP contribution < -0.4 is 10.1 Å². The molecule has 1 aliphatic heterocycles. The molecule has 1 aromatic heterocycles. The predicted octanol–water partition coefficient (Wildman–Crippen LogP) is 2.26. The van der Waals surface area contributed by atoms with Crippen molar-refractivity contribution in [2.24, 2.45) is 0 Å². The van der Waals surface area contributed by atoms with Crippen molar-refractivity contribution in [3.63, 3.8) is 0 Å². The van der Waals surface area contributed by atoms with Gasteiger partial charge in [0.2, 0.25) is 5.91 Å². The summed E-state index contributed by atoms with van der Waals surface area (Å²) in [7, 11) is 1.43. The van der Waals surface area contributed by atoms with Gasteiger partial charge in [0.1, 0.15) is 0 Å². The van der Waals surface area contributed by atoms with Crippen LogP contribution in [0.1, 0.15) is 16.1 Å². The van der Waals surface area contributed by atoms with Gasteiger partial charge in [0, 0.05) is 32.7 Å². The second kappa shape index (κ2) is 9.20. The molecule has 0 atom stereocenters. The number of rotatable bonds is 6. The van der Waals surface area contributed by atoms with Crippen LogP contribution in [0.2, 0.25) is 0 Å². The molecule has 0 radical (unpaired) electrons. The molecule has 1 fully saturated rings. The number of nitrogens with zero attached hydrogens (tertiary/aromatic N) is 2. The molecule has 2 amide bonds. The fraction of sp³-hybridized carbons (Fsp3) is 0.368. The first-order chi connectivity index (χ1) is 13.5. The molecule has 9 heteroatoms. The Balaban J connectivity index is 1.43. The number of benzene rings is 1. The Morgan fingerprint density at radius 2 is 1.96 bits per heavy atom. The SMILES string of the molecule is COc1ccc(CN2CCN(C(=O)CNC(=O)c3ccc(Br)o3)CC2)cc1F. The molecule has 3 rings (SSSR count). The van der Waals surface area contributed by atoms with E-state index in [4.69, 9.17) is 9.15 Å². The summed E-state index contributed by atoms with van der Waals surface area (Å²) in [5, 5.41) is 2.57. The van der Waals surface area contributed by atoms with Crippen molar-refractivity contribution < 1.29 is 23.1 Å². The molecule has 1 saturated heterocycles. The number of carbonyl (C=O) groups is 2. The summed E-state index contributed by atoms with van der Waals surface area (Å²) in [6, 6.07) is 8.07. The molecule has 0 aliphatic carbocycles. The zero-order valence-electron chi connectivity index (χ0n) is 15.4. The van der Waals surface area contributed by atoms with E-state index in [1.54, 1.807) is 17.0 Å². The van der Waals surface area contributed by atoms with Crippen molar-refractivity contribution in [1.29, 1.82) is 0 Å². The number of ether oxygens (including phenoxy) is 1. The summed E-state index contributed by atoms with van der Waals surface area (Å²) in [5.41, 5.74) is 0.856. The lowest BCUT2D eigenvalue weighted by molar-refractivity contribution is -0.131. The summed E-state index contributed by atoms with van der Waals surface area (Å²) in [6.45, 7) is 2.99. The average molecular weight is 454 g/mol. The van der Waals surface area contributed by atoms with Gasteiger partial charge in [-0.3, -0.25) is 14.5 Å². The molecular formula is C19H21BrFN3O4. The monoisotopic (exact) mass is 453 g/mol. The summed E-state index contributed by atoms with van der Waals surface area (Å²) < 4.78 is 24.3. The van der Waals surface area contributed by atoms with Gasteiger partial charge < -0.3 is 19.4 Å². The highest BCUT2D eigenvalue weighted by Crippen LogP contribution is 2.19. The molecule has 2 heterocycles. The van der Waals surface area contributed by atoms with Crippen molar-refractivity contribution in [3.05, 3.63) is 52.1 Å². The second-order valence-corrected chi connectivity index (χ2v) is 7.19. The van der Waals surface area contributed by atoms with Gasteiger partial charge in [-0.1, -0.05) is 6.07 Å². The maximum absolute atomic E-state index is 13.8. The van der Waals surface area contributed by atoms with Crippen LogP contribution in [0.5, 0.6) is 5.75 Å². The number of furan rings is 1. The number of piperazine rings is 1. The molecule has 2 aromatic rings. The molecule has 0 unspecified atom stereocenters. The zero-order valence-corrected chi connectivity index (χ0v) is 17.0. The van der Waals surface area contributed by atoms with E-state index in [2.05, 4.69) is 26.1 Å². The third-order valence-corrected chi connectivity index (χ3v) is 4.97. The van der Waals surface area contributed by atoms with E-state index in [9.17, 15) is 14.0 Å². The Kier molecular flexibility index (Phi) is 6.69. The van der Waals surface area contributed by atoms with E-state index in [1.807, 2.05) is 6.07 Å². The molecule has 0 bridgehead atoms. The van der Waals surface area contributed by atoms with E-state index in [1.165, 1.54) is 19.2 Å². The Morgan fingerprint density at radius 1 is 1.21 bits per heavy atom. The number of methoxy groups -OCH3 is 1. The molecule has 1 aromatic carbocycles. The fourth-order valence-electron chi connectivity index (χ4n) is 3.01. The van der Waals surface area contributed by atoms with Gasteiger partial charge >= 0.3 is 0 Å². The molecule has 150 valence electrons. The van der Waals surface area contributed by atoms with Crippen molar-refractivity contribution in [2.45, 2.75) is 6.54 Å². The van der Waals surface area contributed by atoms with Gasteiger partial charge in [-0.2, -0.15) is 0 Å². The number of hydrogen-bond donors (Lipinski definition) is 1. The number of carbonyl (C=O) groups excluding carboxylic acids is 2. The molecule has 0 spiro atoms. The Bertz CT molecular complexity index is 849. The van der Waals surface area contributed by atoms with Crippen LogP contribution in [0.15, 0.2) is 39.4 Å². The highest BCUT2D eigenvalue weighted by Gasteiger charge is 2.22. The summed E-state index contributed by atoms with van der Waals surface area (Å²) in [5.74, 6) is -0.583. The minimum absolute atomic E-state index is 0.0825. The van der Waals surface area contributed by atoms with Crippen LogP contribution in [0.4, 0.5) is 4.39 Å². The molecule has 7 nitrogen and oxygen atoms in total. The Morgan fingerprint density at radius 3 is 2.57 bits per heavy atom. The van der Waals surface area contributed by atoms with Crippen molar-refractivity contribution >= 4 is 27.7 Å². The van der Waals surface area contributed by atoms with Crippen LogP contribution >= 0.6 is 15.9 Å². The average Bonchev–Trinajstić information content (AvgIpc) is 3.13. The van der Waals surface area contributed by atoms with Crippen LogP contribution in [0.3, 0.4) is 0 Å². The fourth-order valence-corrected chi connectivity index (χ4v) is 3.32. The van der Waals surface area contributed by atoms with Gasteiger partial charge in [0.25, 0.3) is 5.91 Å². The topological polar surface area (TPSA) is 75.0 Å². The number of hydrogen-bond acceptors (Lipinski definition) is 5. The first-order valence-electron chi connectivity index (χ1n) is 8.82. The van der Waals surface area contributed by atoms with Crippen molar-refractivity contribution in [2.75, 3.05) is 39.8 Å². The van der Waals surface area contributed by atoms with Gasteiger partial charge in [0.15, 0.2) is 22.0 Å². The van der Waals surface area contributed by atoms with E-state index < -0.39 is 5.91 Å². The van der Waals surface area contributed by atoms with Crippen molar-refractivity contribution in [3.8, 4) is 5.75 Å². The zero-order chi connectivity index (χ0) is 20.1. The second-order valence-electron chi connectivity index (χ2n) is 6.41. The van der Waals surface area contributed by atoms with Crippen LogP contribution in [-0.4, -0.2) is 61.4 Å². The number of nitrogens with one attached hydrogen (secondary N) is 1. The minimum atomic E-state index is -0.431. The van der Waals surface area contributed by atoms with E-state index in [0.29, 0.717) is 37.4 Å². The molecule has 1 N–H and O–H groups in total. The normalized spacial score (nSPS) is 14.8. The maximum Gasteiger partial charge on any atom is 0.287 e. The summed E-state index contributed by atoms with van der Waals surface area (Å²) in [4.78, 5) is 28.1. The Labute approximate surface area is 170 Å². The first-order valence-corrected chi connectivity index (χ1v) is 9.61. The third-order valence-electron chi connectivity index (χ3n) is 4.54. The standard InChI is InChI=1S/C19H21BrFN3O4/c1-27-15-3-2-13(10-14(15)21)12-23-6-8-24(9-7-23)18(25)11-22-19(26)16-4-5-17(20)28-16/h2-5,10H,6-9,11-12H2,1H3,(H,22,26). The van der Waals surface area contributed by atoms with Gasteiger partial charge in [-0.05, 0) is 45.8 Å². The first kappa shape index (κ1) is 20.3. The largest absolute Gasteiger partial charge is 0.494 e. The maximum atomic E-state index is 13.8. The smallest absolute Gasteiger partial charge is 0.287 e. The van der Waals surface area contributed by atoms with Gasteiger partial charge in [-0.15, -0.1) is 0 Å². The molecular weight excluding hydrogens is 433 g/mol. The number of halogens is 2. The highest BCUT2D eigenvalue weighted by atomic mass is 79.9. The summed E-state index contributed by atoms with van der Waals surface area (Å²) >= 11 is 3.13.